The van der Waals surface area contributed by atoms with Gasteiger partial charge >= 0.3 is 0 Å². The van der Waals surface area contributed by atoms with E-state index in [0.29, 0.717) is 11.8 Å². The summed E-state index contributed by atoms with van der Waals surface area (Å²) in [5, 5.41) is 13.6. The first-order valence-electron chi connectivity index (χ1n) is 6.77. The van der Waals surface area contributed by atoms with Crippen molar-refractivity contribution < 1.29 is 9.63 Å². The number of hydrogen-bond donors (Lipinski definition) is 1. The summed E-state index contributed by atoms with van der Waals surface area (Å²) in [5.41, 5.74) is 1.67. The second kappa shape index (κ2) is 4.68. The molecule has 1 aliphatic carbocycles. The molecular formula is C15H18N2O2. The molecule has 100 valence electrons. The molecule has 0 aliphatic heterocycles. The number of aromatic hydroxyl groups is 1. The van der Waals surface area contributed by atoms with Crippen LogP contribution < -0.4 is 0 Å². The predicted molar refractivity (Wildman–Crippen MR) is 71.9 cm³/mol. The first kappa shape index (κ1) is 12.2. The van der Waals surface area contributed by atoms with Gasteiger partial charge in [0.05, 0.1) is 0 Å². The molecule has 2 unspecified atom stereocenters. The summed E-state index contributed by atoms with van der Waals surface area (Å²) in [5.74, 6) is 2.84. The van der Waals surface area contributed by atoms with Gasteiger partial charge in [-0.3, -0.25) is 0 Å². The maximum Gasteiger partial charge on any atom is 0.257 e. The molecule has 0 saturated heterocycles. The van der Waals surface area contributed by atoms with Crippen molar-refractivity contribution in [3.8, 4) is 17.2 Å². The maximum atomic E-state index is 9.53. The molecule has 1 fully saturated rings. The van der Waals surface area contributed by atoms with Gasteiger partial charge in [0.25, 0.3) is 5.89 Å². The van der Waals surface area contributed by atoms with E-state index in [9.17, 15) is 5.11 Å². The third-order valence-electron chi connectivity index (χ3n) is 3.95. The Bertz CT molecular complexity index is 592. The summed E-state index contributed by atoms with van der Waals surface area (Å²) < 4.78 is 5.35. The number of rotatable bonds is 2. The molecule has 4 heteroatoms. The molecule has 1 N–H and O–H groups in total. The van der Waals surface area contributed by atoms with Crippen molar-refractivity contribution in [3.63, 3.8) is 0 Å². The van der Waals surface area contributed by atoms with Gasteiger partial charge in [-0.25, -0.2) is 0 Å². The average Bonchev–Trinajstić information content (AvgIpc) is 3.01. The highest BCUT2D eigenvalue weighted by molar-refractivity contribution is 5.56. The van der Waals surface area contributed by atoms with E-state index in [2.05, 4.69) is 17.1 Å². The number of aryl methyl sites for hydroxylation is 1. The van der Waals surface area contributed by atoms with Crippen LogP contribution in [0.5, 0.6) is 5.75 Å². The SMILES string of the molecule is Cc1cc(-c2nc(C3CCC(C)C3)no2)ccc1O. The monoisotopic (exact) mass is 258 g/mol. The van der Waals surface area contributed by atoms with Gasteiger partial charge in [-0.1, -0.05) is 12.1 Å². The fourth-order valence-electron chi connectivity index (χ4n) is 2.75. The Labute approximate surface area is 112 Å². The molecule has 4 nitrogen and oxygen atoms in total. The largest absolute Gasteiger partial charge is 0.508 e. The van der Waals surface area contributed by atoms with Crippen LogP contribution in [0.4, 0.5) is 0 Å². The van der Waals surface area contributed by atoms with Crippen LogP contribution in [0.2, 0.25) is 0 Å². The molecule has 1 saturated carbocycles. The van der Waals surface area contributed by atoms with Crippen LogP contribution in [0.1, 0.15) is 43.5 Å². The molecule has 1 aromatic carbocycles. The minimum absolute atomic E-state index is 0.285. The predicted octanol–water partition coefficient (Wildman–Crippen LogP) is 3.65. The van der Waals surface area contributed by atoms with Crippen molar-refractivity contribution in [2.24, 2.45) is 5.92 Å². The first-order valence-corrected chi connectivity index (χ1v) is 6.77. The molecule has 1 aliphatic rings. The van der Waals surface area contributed by atoms with Crippen LogP contribution >= 0.6 is 0 Å². The zero-order valence-corrected chi connectivity index (χ0v) is 11.3. The van der Waals surface area contributed by atoms with E-state index in [1.807, 2.05) is 13.0 Å². The quantitative estimate of drug-likeness (QED) is 0.893. The summed E-state index contributed by atoms with van der Waals surface area (Å²) in [6, 6.07) is 5.33. The smallest absolute Gasteiger partial charge is 0.257 e. The van der Waals surface area contributed by atoms with Crippen LogP contribution in [0.15, 0.2) is 22.7 Å². The lowest BCUT2D eigenvalue weighted by atomic mass is 10.1. The normalized spacial score (nSPS) is 22.8. The zero-order valence-electron chi connectivity index (χ0n) is 11.3. The number of hydrogen-bond acceptors (Lipinski definition) is 4. The van der Waals surface area contributed by atoms with Crippen LogP contribution in [0.3, 0.4) is 0 Å². The van der Waals surface area contributed by atoms with E-state index in [1.165, 1.54) is 6.42 Å². The summed E-state index contributed by atoms with van der Waals surface area (Å²) in [4.78, 5) is 4.51. The van der Waals surface area contributed by atoms with Gasteiger partial charge in [-0.2, -0.15) is 4.98 Å². The highest BCUT2D eigenvalue weighted by Crippen LogP contribution is 2.37. The lowest BCUT2D eigenvalue weighted by molar-refractivity contribution is 0.414. The van der Waals surface area contributed by atoms with E-state index < -0.39 is 0 Å². The Morgan fingerprint density at radius 3 is 2.84 bits per heavy atom. The fourth-order valence-corrected chi connectivity index (χ4v) is 2.75. The summed E-state index contributed by atoms with van der Waals surface area (Å²) >= 11 is 0. The third-order valence-corrected chi connectivity index (χ3v) is 3.95. The van der Waals surface area contributed by atoms with Gasteiger partial charge in [0, 0.05) is 11.5 Å². The van der Waals surface area contributed by atoms with Crippen molar-refractivity contribution in [2.75, 3.05) is 0 Å². The van der Waals surface area contributed by atoms with E-state index >= 15 is 0 Å². The molecular weight excluding hydrogens is 240 g/mol. The molecule has 1 aromatic heterocycles. The minimum Gasteiger partial charge on any atom is -0.508 e. The lowest BCUT2D eigenvalue weighted by Gasteiger charge is -2.02. The van der Waals surface area contributed by atoms with Gasteiger partial charge in [0.2, 0.25) is 0 Å². The van der Waals surface area contributed by atoms with Gasteiger partial charge in [0.1, 0.15) is 5.75 Å². The van der Waals surface area contributed by atoms with Crippen LogP contribution in [-0.2, 0) is 0 Å². The second-order valence-corrected chi connectivity index (χ2v) is 5.57. The number of nitrogens with zero attached hydrogens (tertiary/aromatic N) is 2. The van der Waals surface area contributed by atoms with Crippen LogP contribution in [0.25, 0.3) is 11.5 Å². The molecule has 1 heterocycles. The second-order valence-electron chi connectivity index (χ2n) is 5.57. The Hall–Kier alpha value is -1.84. The molecule has 0 spiro atoms. The molecule has 0 radical (unpaired) electrons. The van der Waals surface area contributed by atoms with Gasteiger partial charge in [0.15, 0.2) is 5.82 Å². The topological polar surface area (TPSA) is 59.2 Å². The highest BCUT2D eigenvalue weighted by atomic mass is 16.5. The Kier molecular flexibility index (Phi) is 3.01. The van der Waals surface area contributed by atoms with Crippen LogP contribution in [-0.4, -0.2) is 15.2 Å². The highest BCUT2D eigenvalue weighted by Gasteiger charge is 2.27. The van der Waals surface area contributed by atoms with Crippen molar-refractivity contribution in [3.05, 3.63) is 29.6 Å². The Morgan fingerprint density at radius 2 is 2.16 bits per heavy atom. The summed E-state index contributed by atoms with van der Waals surface area (Å²) in [6.45, 7) is 4.12. The minimum atomic E-state index is 0.285. The van der Waals surface area contributed by atoms with Gasteiger partial charge in [-0.05, 0) is 55.9 Å². The molecule has 0 amide bonds. The van der Waals surface area contributed by atoms with Crippen molar-refractivity contribution >= 4 is 0 Å². The number of phenols is 1. The Balaban J connectivity index is 1.86. The van der Waals surface area contributed by atoms with Crippen molar-refractivity contribution in [1.82, 2.24) is 10.1 Å². The van der Waals surface area contributed by atoms with E-state index in [4.69, 9.17) is 4.52 Å². The average molecular weight is 258 g/mol. The first-order chi connectivity index (χ1) is 9.13. The Morgan fingerprint density at radius 1 is 1.32 bits per heavy atom. The third kappa shape index (κ3) is 2.35. The lowest BCUT2D eigenvalue weighted by Crippen LogP contribution is -1.96. The number of aromatic nitrogens is 2. The molecule has 3 rings (SSSR count). The summed E-state index contributed by atoms with van der Waals surface area (Å²) in [7, 11) is 0. The molecule has 2 atom stereocenters. The molecule has 19 heavy (non-hydrogen) atoms. The maximum absolute atomic E-state index is 9.53. The van der Waals surface area contributed by atoms with Crippen molar-refractivity contribution in [1.29, 1.82) is 0 Å². The standard InChI is InChI=1S/C15H18N2O2/c1-9-3-4-11(7-9)14-16-15(19-17-14)12-5-6-13(18)10(2)8-12/h5-6,8-9,11,18H,3-4,7H2,1-2H3. The zero-order chi connectivity index (χ0) is 13.4. The van der Waals surface area contributed by atoms with Gasteiger partial charge in [-0.15, -0.1) is 0 Å². The van der Waals surface area contributed by atoms with E-state index in [1.54, 1.807) is 12.1 Å². The van der Waals surface area contributed by atoms with E-state index in [0.717, 1.165) is 35.7 Å². The number of benzene rings is 1. The summed E-state index contributed by atoms with van der Waals surface area (Å²) in [6.07, 6.45) is 3.54. The number of phenolic OH excluding ortho intramolecular Hbond substituents is 1. The molecule has 0 bridgehead atoms. The van der Waals surface area contributed by atoms with Crippen molar-refractivity contribution in [2.45, 2.75) is 39.0 Å². The van der Waals surface area contributed by atoms with Crippen LogP contribution in [0, 0.1) is 12.8 Å². The van der Waals surface area contributed by atoms with Gasteiger partial charge < -0.3 is 9.63 Å². The molecule has 2 aromatic rings. The van der Waals surface area contributed by atoms with E-state index in [-0.39, 0.29) is 5.75 Å². The fraction of sp³-hybridized carbons (Fsp3) is 0.467.